The second-order valence-corrected chi connectivity index (χ2v) is 5.36. The molecule has 0 bridgehead atoms. The van der Waals surface area contributed by atoms with Crippen LogP contribution in [0.2, 0.25) is 0 Å². The van der Waals surface area contributed by atoms with Crippen LogP contribution in [0.25, 0.3) is 0 Å². The minimum Gasteiger partial charge on any atom is -0.316 e. The van der Waals surface area contributed by atoms with E-state index in [1.54, 1.807) is 11.0 Å². The van der Waals surface area contributed by atoms with E-state index in [0.29, 0.717) is 17.5 Å². The summed E-state index contributed by atoms with van der Waals surface area (Å²) in [4.78, 5) is 3.82. The molecule has 0 aromatic heterocycles. The van der Waals surface area contributed by atoms with Gasteiger partial charge in [-0.1, -0.05) is 11.6 Å². The van der Waals surface area contributed by atoms with Gasteiger partial charge in [0, 0.05) is 10.1 Å². The second-order valence-electron chi connectivity index (χ2n) is 3.73. The number of hydrogen-bond acceptors (Lipinski definition) is 2. The number of benzene rings is 1. The maximum atomic E-state index is 13.8. The highest BCUT2D eigenvalue weighted by Crippen LogP contribution is 2.28. The van der Waals surface area contributed by atoms with Gasteiger partial charge in [-0.2, -0.15) is 0 Å². The van der Waals surface area contributed by atoms with E-state index in [-0.39, 0.29) is 5.82 Å². The van der Waals surface area contributed by atoms with Crippen LogP contribution in [0.3, 0.4) is 0 Å². The maximum Gasteiger partial charge on any atom is 0.147 e. The largest absolute Gasteiger partial charge is 0.316 e. The highest BCUT2D eigenvalue weighted by atomic mass is 127. The zero-order valence-corrected chi connectivity index (χ0v) is 11.7. The Morgan fingerprint density at radius 1 is 1.44 bits per heavy atom. The molecule has 0 amide bonds. The first-order chi connectivity index (χ1) is 7.58. The van der Waals surface area contributed by atoms with Crippen LogP contribution in [-0.2, 0) is 0 Å². The van der Waals surface area contributed by atoms with Crippen LogP contribution in [0.1, 0.15) is 0 Å². The third kappa shape index (κ3) is 2.49. The van der Waals surface area contributed by atoms with Crippen LogP contribution in [0.5, 0.6) is 0 Å². The monoisotopic (exact) mass is 352 g/mol. The predicted octanol–water partition coefficient (Wildman–Crippen LogP) is 3.22. The molecule has 1 aromatic carbocycles. The molecular formula is C11H11ClFIN2. The summed E-state index contributed by atoms with van der Waals surface area (Å²) in [5.74, 6) is -0.242. The first-order valence-corrected chi connectivity index (χ1v) is 6.30. The lowest BCUT2D eigenvalue weighted by molar-refractivity contribution is 0.362. The highest BCUT2D eigenvalue weighted by Gasteiger charge is 2.19. The molecule has 1 aliphatic heterocycles. The van der Waals surface area contributed by atoms with E-state index in [9.17, 15) is 4.39 Å². The molecule has 0 saturated heterocycles. The summed E-state index contributed by atoms with van der Waals surface area (Å²) in [7, 11) is 1.97. The van der Waals surface area contributed by atoms with Crippen molar-refractivity contribution >= 4 is 39.9 Å². The minimum atomic E-state index is -0.242. The minimum absolute atomic E-state index is 0.242. The van der Waals surface area contributed by atoms with Crippen molar-refractivity contribution in [2.45, 2.75) is 0 Å². The first-order valence-electron chi connectivity index (χ1n) is 4.85. The number of nitrogens with zero attached hydrogens (tertiary/aromatic N) is 2. The van der Waals surface area contributed by atoms with E-state index >= 15 is 0 Å². The molecule has 0 aliphatic carbocycles. The molecule has 1 aliphatic rings. The van der Waals surface area contributed by atoms with E-state index < -0.39 is 0 Å². The van der Waals surface area contributed by atoms with E-state index in [1.165, 1.54) is 6.07 Å². The molecule has 1 aromatic rings. The van der Waals surface area contributed by atoms with Crippen molar-refractivity contribution in [1.29, 1.82) is 0 Å². The van der Waals surface area contributed by atoms with Gasteiger partial charge in [0.05, 0.1) is 12.4 Å². The van der Waals surface area contributed by atoms with Gasteiger partial charge in [-0.05, 0) is 53.9 Å². The summed E-state index contributed by atoms with van der Waals surface area (Å²) in [5.41, 5.74) is 0.521. The van der Waals surface area contributed by atoms with Gasteiger partial charge >= 0.3 is 0 Å². The molecule has 0 unspecified atom stereocenters. The average Bonchev–Trinajstić information content (AvgIpc) is 2.22. The maximum absolute atomic E-state index is 13.8. The quantitative estimate of drug-likeness (QED) is 0.566. The Bertz CT molecular complexity index is 436. The average molecular weight is 353 g/mol. The molecular weight excluding hydrogens is 341 g/mol. The number of likely N-dealkylation sites (N-methyl/N-ethyl adjacent to an activating group) is 1. The Balaban J connectivity index is 2.36. The molecule has 0 atom stereocenters. The van der Waals surface area contributed by atoms with Crippen LogP contribution in [-0.4, -0.2) is 25.2 Å². The normalized spacial score (nSPS) is 17.5. The molecule has 16 heavy (non-hydrogen) atoms. The fourth-order valence-electron chi connectivity index (χ4n) is 1.60. The lowest BCUT2D eigenvalue weighted by Crippen LogP contribution is -2.38. The standard InChI is InChI=1S/C11H11ClFIN2/c1-15-5-4-11(12)16(7-15)10-3-2-8(14)6-9(10)13/h2-4,6H,5,7H2,1H3. The summed E-state index contributed by atoms with van der Waals surface area (Å²) < 4.78 is 14.7. The van der Waals surface area contributed by atoms with Crippen molar-refractivity contribution in [3.63, 3.8) is 0 Å². The topological polar surface area (TPSA) is 6.48 Å². The van der Waals surface area contributed by atoms with Crippen LogP contribution in [0, 0.1) is 9.39 Å². The molecule has 0 spiro atoms. The smallest absolute Gasteiger partial charge is 0.147 e. The Kier molecular flexibility index (Phi) is 3.71. The van der Waals surface area contributed by atoms with Crippen molar-refractivity contribution < 1.29 is 4.39 Å². The fraction of sp³-hybridized carbons (Fsp3) is 0.273. The highest BCUT2D eigenvalue weighted by molar-refractivity contribution is 14.1. The van der Waals surface area contributed by atoms with Gasteiger partial charge in [0.15, 0.2) is 0 Å². The van der Waals surface area contributed by atoms with Gasteiger partial charge in [0.1, 0.15) is 11.0 Å². The van der Waals surface area contributed by atoms with Gasteiger partial charge < -0.3 is 4.90 Å². The van der Waals surface area contributed by atoms with E-state index in [4.69, 9.17) is 11.6 Å². The van der Waals surface area contributed by atoms with Crippen LogP contribution >= 0.6 is 34.2 Å². The summed E-state index contributed by atoms with van der Waals surface area (Å²) >= 11 is 8.17. The zero-order valence-electron chi connectivity index (χ0n) is 8.75. The summed E-state index contributed by atoms with van der Waals surface area (Å²) in [6, 6.07) is 5.14. The van der Waals surface area contributed by atoms with Gasteiger partial charge in [0.25, 0.3) is 0 Å². The van der Waals surface area contributed by atoms with Crippen LogP contribution in [0.4, 0.5) is 10.1 Å². The Labute approximate surface area is 113 Å². The van der Waals surface area contributed by atoms with Gasteiger partial charge in [0.2, 0.25) is 0 Å². The van der Waals surface area contributed by atoms with Crippen LogP contribution < -0.4 is 4.90 Å². The molecule has 86 valence electrons. The van der Waals surface area contributed by atoms with Gasteiger partial charge in [-0.3, -0.25) is 4.90 Å². The van der Waals surface area contributed by atoms with Gasteiger partial charge in [-0.25, -0.2) is 4.39 Å². The van der Waals surface area contributed by atoms with Crippen molar-refractivity contribution in [1.82, 2.24) is 4.90 Å². The molecule has 0 N–H and O–H groups in total. The van der Waals surface area contributed by atoms with Crippen LogP contribution in [0.15, 0.2) is 29.4 Å². The van der Waals surface area contributed by atoms with E-state index in [0.717, 1.165) is 10.1 Å². The third-order valence-corrected chi connectivity index (χ3v) is 3.44. The second kappa shape index (κ2) is 4.89. The van der Waals surface area contributed by atoms with Crippen molar-refractivity contribution in [2.24, 2.45) is 0 Å². The summed E-state index contributed by atoms with van der Waals surface area (Å²) in [6.07, 6.45) is 1.88. The van der Waals surface area contributed by atoms with Gasteiger partial charge in [-0.15, -0.1) is 0 Å². The Hall–Kier alpha value is -0.330. The molecule has 2 nitrogen and oxygen atoms in total. The lowest BCUT2D eigenvalue weighted by Gasteiger charge is -2.32. The van der Waals surface area contributed by atoms with E-state index in [2.05, 4.69) is 27.5 Å². The first kappa shape index (κ1) is 12.1. The van der Waals surface area contributed by atoms with Crippen molar-refractivity contribution in [2.75, 3.05) is 25.2 Å². The lowest BCUT2D eigenvalue weighted by atomic mass is 10.2. The van der Waals surface area contributed by atoms with Crippen molar-refractivity contribution in [3.05, 3.63) is 38.8 Å². The fourth-order valence-corrected chi connectivity index (χ4v) is 2.27. The number of rotatable bonds is 1. The number of halogens is 3. The van der Waals surface area contributed by atoms with Crippen molar-refractivity contribution in [3.8, 4) is 0 Å². The molecule has 0 saturated carbocycles. The predicted molar refractivity (Wildman–Crippen MR) is 73.0 cm³/mol. The molecule has 2 rings (SSSR count). The molecule has 5 heteroatoms. The SMILES string of the molecule is CN1CC=C(Cl)N(c2ccc(I)cc2F)C1. The molecule has 0 radical (unpaired) electrons. The zero-order chi connectivity index (χ0) is 11.7. The molecule has 1 heterocycles. The summed E-state index contributed by atoms with van der Waals surface area (Å²) in [5, 5.41) is 0.582. The Morgan fingerprint density at radius 2 is 2.19 bits per heavy atom. The Morgan fingerprint density at radius 3 is 2.88 bits per heavy atom. The number of anilines is 1. The third-order valence-electron chi connectivity index (χ3n) is 2.41. The summed E-state index contributed by atoms with van der Waals surface area (Å²) in [6.45, 7) is 1.40. The van der Waals surface area contributed by atoms with E-state index in [1.807, 2.05) is 19.2 Å². The number of hydrogen-bond donors (Lipinski definition) is 0. The molecule has 0 fully saturated rings.